The molecule has 0 atom stereocenters. The number of rotatable bonds is 4. The second kappa shape index (κ2) is 10.6. The molecule has 132 valence electrons. The molecule has 0 spiro atoms. The summed E-state index contributed by atoms with van der Waals surface area (Å²) in [5.41, 5.74) is 0. The van der Waals surface area contributed by atoms with Gasteiger partial charge in [-0.1, -0.05) is 5.92 Å². The average Bonchev–Trinajstić information content (AvgIpc) is 2.59. The molecule has 2 rings (SSSR count). The molecular formula is C15H22BrIN6O. The van der Waals surface area contributed by atoms with Gasteiger partial charge in [-0.15, -0.1) is 30.4 Å². The van der Waals surface area contributed by atoms with Gasteiger partial charge in [0, 0.05) is 32.7 Å². The molecule has 0 saturated carbocycles. The van der Waals surface area contributed by atoms with Crippen molar-refractivity contribution >= 4 is 51.8 Å². The summed E-state index contributed by atoms with van der Waals surface area (Å²) in [6.07, 6.45) is 7.01. The molecule has 0 amide bonds. The Kier molecular flexibility index (Phi) is 9.13. The number of aromatic nitrogens is 2. The van der Waals surface area contributed by atoms with E-state index in [1.165, 1.54) is 0 Å². The van der Waals surface area contributed by atoms with E-state index in [2.05, 4.69) is 51.9 Å². The van der Waals surface area contributed by atoms with Crippen LogP contribution in [0.2, 0.25) is 0 Å². The standard InChI is InChI=1S/C15H21BrN6O.HI/c1-4-6-18-14(17-5-2)21-7-9-22(10-8-21)15-19-11-12(16)13(20-15)23-3;/h1,11H,5-10H2,2-3H3,(H,17,18);1H. The van der Waals surface area contributed by atoms with E-state index in [9.17, 15) is 0 Å². The summed E-state index contributed by atoms with van der Waals surface area (Å²) >= 11 is 3.37. The zero-order valence-corrected chi connectivity index (χ0v) is 17.7. The van der Waals surface area contributed by atoms with E-state index < -0.39 is 0 Å². The van der Waals surface area contributed by atoms with Crippen molar-refractivity contribution in [1.29, 1.82) is 0 Å². The van der Waals surface area contributed by atoms with E-state index in [0.29, 0.717) is 18.4 Å². The fraction of sp³-hybridized carbons (Fsp3) is 0.533. The molecule has 1 aliphatic heterocycles. The van der Waals surface area contributed by atoms with Crippen LogP contribution in [-0.4, -0.2) is 67.2 Å². The van der Waals surface area contributed by atoms with Crippen molar-refractivity contribution in [3.05, 3.63) is 10.7 Å². The van der Waals surface area contributed by atoms with E-state index in [1.54, 1.807) is 13.3 Å². The largest absolute Gasteiger partial charge is 0.480 e. The molecule has 0 unspecified atom stereocenters. The molecule has 7 nitrogen and oxygen atoms in total. The normalized spacial score (nSPS) is 14.7. The number of piperazine rings is 1. The van der Waals surface area contributed by atoms with Gasteiger partial charge < -0.3 is 19.9 Å². The first-order valence-electron chi connectivity index (χ1n) is 7.47. The van der Waals surface area contributed by atoms with Gasteiger partial charge in [-0.2, -0.15) is 4.98 Å². The number of hydrogen-bond acceptors (Lipinski definition) is 5. The van der Waals surface area contributed by atoms with Crippen molar-refractivity contribution in [2.45, 2.75) is 6.92 Å². The highest BCUT2D eigenvalue weighted by Crippen LogP contribution is 2.23. The minimum atomic E-state index is 0. The van der Waals surface area contributed by atoms with Crippen LogP contribution in [0, 0.1) is 12.3 Å². The summed E-state index contributed by atoms with van der Waals surface area (Å²) in [6, 6.07) is 0. The molecule has 0 aromatic carbocycles. The minimum absolute atomic E-state index is 0. The van der Waals surface area contributed by atoms with Crippen LogP contribution in [0.4, 0.5) is 5.95 Å². The van der Waals surface area contributed by atoms with Crippen LogP contribution in [-0.2, 0) is 0 Å². The molecule has 1 aromatic rings. The summed E-state index contributed by atoms with van der Waals surface area (Å²) in [5, 5.41) is 3.27. The maximum Gasteiger partial charge on any atom is 0.232 e. The molecule has 1 N–H and O–H groups in total. The highest BCUT2D eigenvalue weighted by atomic mass is 127. The van der Waals surface area contributed by atoms with Crippen LogP contribution in [0.3, 0.4) is 0 Å². The van der Waals surface area contributed by atoms with Crippen LogP contribution in [0.25, 0.3) is 0 Å². The van der Waals surface area contributed by atoms with Crippen molar-refractivity contribution in [2.75, 3.05) is 51.3 Å². The molecule has 24 heavy (non-hydrogen) atoms. The lowest BCUT2D eigenvalue weighted by atomic mass is 10.3. The molecule has 1 saturated heterocycles. The summed E-state index contributed by atoms with van der Waals surface area (Å²) in [6.45, 7) is 6.53. The van der Waals surface area contributed by atoms with E-state index >= 15 is 0 Å². The van der Waals surface area contributed by atoms with Crippen molar-refractivity contribution in [3.8, 4) is 18.2 Å². The van der Waals surface area contributed by atoms with Gasteiger partial charge in [0.05, 0.1) is 17.8 Å². The van der Waals surface area contributed by atoms with Crippen molar-refractivity contribution in [3.63, 3.8) is 0 Å². The first kappa shape index (κ1) is 20.8. The number of guanidine groups is 1. The highest BCUT2D eigenvalue weighted by molar-refractivity contribution is 14.0. The molecule has 0 aliphatic carbocycles. The van der Waals surface area contributed by atoms with Crippen LogP contribution in [0.5, 0.6) is 5.88 Å². The van der Waals surface area contributed by atoms with Crippen molar-refractivity contribution < 1.29 is 4.74 Å². The van der Waals surface area contributed by atoms with Crippen molar-refractivity contribution in [1.82, 2.24) is 20.2 Å². The Morgan fingerprint density at radius 1 is 1.46 bits per heavy atom. The number of aliphatic imine (C=N–C) groups is 1. The molecule has 1 aromatic heterocycles. The lowest BCUT2D eigenvalue weighted by molar-refractivity contribution is 0.366. The molecule has 0 bridgehead atoms. The van der Waals surface area contributed by atoms with Gasteiger partial charge in [-0.05, 0) is 22.9 Å². The SMILES string of the molecule is C#CCN=C(NCC)N1CCN(c2ncc(Br)c(OC)n2)CC1.I. The molecule has 2 heterocycles. The Hall–Kier alpha value is -1.28. The third kappa shape index (κ3) is 5.37. The summed E-state index contributed by atoms with van der Waals surface area (Å²) < 4.78 is 5.98. The fourth-order valence-corrected chi connectivity index (χ4v) is 2.66. The van der Waals surface area contributed by atoms with E-state index in [0.717, 1.165) is 43.2 Å². The van der Waals surface area contributed by atoms with Gasteiger partial charge in [-0.3, -0.25) is 0 Å². The summed E-state index contributed by atoms with van der Waals surface area (Å²) in [4.78, 5) is 17.5. The topological polar surface area (TPSA) is 65.9 Å². The number of anilines is 1. The quantitative estimate of drug-likeness (QED) is 0.288. The monoisotopic (exact) mass is 508 g/mol. The zero-order chi connectivity index (χ0) is 16.7. The van der Waals surface area contributed by atoms with Crippen LogP contribution < -0.4 is 15.0 Å². The lowest BCUT2D eigenvalue weighted by Gasteiger charge is -2.36. The minimum Gasteiger partial charge on any atom is -0.480 e. The second-order valence-electron chi connectivity index (χ2n) is 4.88. The van der Waals surface area contributed by atoms with E-state index in [-0.39, 0.29) is 24.0 Å². The zero-order valence-electron chi connectivity index (χ0n) is 13.8. The van der Waals surface area contributed by atoms with Gasteiger partial charge in [0.25, 0.3) is 0 Å². The van der Waals surface area contributed by atoms with E-state index in [1.807, 2.05) is 6.92 Å². The van der Waals surface area contributed by atoms with Gasteiger partial charge >= 0.3 is 0 Å². The van der Waals surface area contributed by atoms with Gasteiger partial charge in [-0.25, -0.2) is 9.98 Å². The summed E-state index contributed by atoms with van der Waals surface area (Å²) in [7, 11) is 1.60. The Balaban J connectivity index is 0.00000288. The third-order valence-electron chi connectivity index (χ3n) is 3.41. The maximum atomic E-state index is 5.30. The van der Waals surface area contributed by atoms with Crippen LogP contribution >= 0.6 is 39.9 Å². The molecule has 1 aliphatic rings. The smallest absolute Gasteiger partial charge is 0.232 e. The van der Waals surface area contributed by atoms with Crippen molar-refractivity contribution in [2.24, 2.45) is 4.99 Å². The Labute approximate surface area is 168 Å². The number of ether oxygens (including phenoxy) is 1. The predicted molar refractivity (Wildman–Crippen MR) is 110 cm³/mol. The van der Waals surface area contributed by atoms with Gasteiger partial charge in [0.2, 0.25) is 11.8 Å². The molecule has 9 heteroatoms. The van der Waals surface area contributed by atoms with E-state index in [4.69, 9.17) is 11.2 Å². The highest BCUT2D eigenvalue weighted by Gasteiger charge is 2.22. The summed E-state index contributed by atoms with van der Waals surface area (Å²) in [5.74, 6) is 4.62. The number of methoxy groups -OCH3 is 1. The third-order valence-corrected chi connectivity index (χ3v) is 3.95. The average molecular weight is 509 g/mol. The number of halogens is 2. The Bertz CT molecular complexity index is 598. The number of hydrogen-bond donors (Lipinski definition) is 1. The number of nitrogens with zero attached hydrogens (tertiary/aromatic N) is 5. The molecule has 0 radical (unpaired) electrons. The number of nitrogens with one attached hydrogen (secondary N) is 1. The van der Waals surface area contributed by atoms with Crippen LogP contribution in [0.1, 0.15) is 6.92 Å². The Morgan fingerprint density at radius 2 is 2.17 bits per heavy atom. The molecular weight excluding hydrogens is 487 g/mol. The first-order chi connectivity index (χ1) is 11.2. The first-order valence-corrected chi connectivity index (χ1v) is 8.27. The maximum absolute atomic E-state index is 5.30. The number of terminal acetylenes is 1. The predicted octanol–water partition coefficient (Wildman–Crippen LogP) is 1.59. The lowest BCUT2D eigenvalue weighted by Crippen LogP contribution is -2.53. The molecule has 1 fully saturated rings. The van der Waals surface area contributed by atoms with Crippen LogP contribution in [0.15, 0.2) is 15.7 Å². The fourth-order valence-electron chi connectivity index (χ4n) is 2.30. The van der Waals surface area contributed by atoms with Gasteiger partial charge in [0.15, 0.2) is 5.96 Å². The Morgan fingerprint density at radius 3 is 2.75 bits per heavy atom. The van der Waals surface area contributed by atoms with Gasteiger partial charge in [0.1, 0.15) is 6.54 Å². The second-order valence-corrected chi connectivity index (χ2v) is 5.73.